The monoisotopic (exact) mass is 367 g/mol. The summed E-state index contributed by atoms with van der Waals surface area (Å²) in [5.41, 5.74) is 5.34. The van der Waals surface area contributed by atoms with Gasteiger partial charge in [-0.25, -0.2) is 9.78 Å². The van der Waals surface area contributed by atoms with Gasteiger partial charge < -0.3 is 10.1 Å². The highest BCUT2D eigenvalue weighted by Gasteiger charge is 2.09. The van der Waals surface area contributed by atoms with E-state index in [1.807, 2.05) is 29.6 Å². The summed E-state index contributed by atoms with van der Waals surface area (Å²) in [6, 6.07) is 13.6. The number of thiazole rings is 1. The smallest absolute Gasteiger partial charge is 0.321 e. The van der Waals surface area contributed by atoms with Crippen molar-refractivity contribution in [3.63, 3.8) is 0 Å². The van der Waals surface area contributed by atoms with Crippen LogP contribution in [0.2, 0.25) is 0 Å². The highest BCUT2D eigenvalue weighted by molar-refractivity contribution is 7.14. The lowest BCUT2D eigenvalue weighted by atomic mass is 10.0. The molecule has 26 heavy (non-hydrogen) atoms. The highest BCUT2D eigenvalue weighted by Crippen LogP contribution is 2.27. The third kappa shape index (κ3) is 4.40. The number of aromatic nitrogens is 1. The maximum Gasteiger partial charge on any atom is 0.321 e. The van der Waals surface area contributed by atoms with Crippen molar-refractivity contribution in [1.29, 1.82) is 0 Å². The molecular formula is C20H21N3O2S. The van der Waals surface area contributed by atoms with Crippen molar-refractivity contribution in [2.45, 2.75) is 20.4 Å². The van der Waals surface area contributed by atoms with Gasteiger partial charge in [-0.2, -0.15) is 0 Å². The predicted octanol–water partition coefficient (Wildman–Crippen LogP) is 4.76. The number of nitrogens with one attached hydrogen (secondary N) is 2. The van der Waals surface area contributed by atoms with Gasteiger partial charge in [0.1, 0.15) is 5.75 Å². The van der Waals surface area contributed by atoms with Crippen molar-refractivity contribution in [2.75, 3.05) is 12.4 Å². The first kappa shape index (κ1) is 17.9. The van der Waals surface area contributed by atoms with Crippen molar-refractivity contribution >= 4 is 22.5 Å². The quantitative estimate of drug-likeness (QED) is 0.683. The summed E-state index contributed by atoms with van der Waals surface area (Å²) < 4.78 is 5.12. The van der Waals surface area contributed by atoms with E-state index in [1.165, 1.54) is 22.5 Å². The number of amides is 2. The molecule has 2 aromatic carbocycles. The number of nitrogens with zero attached hydrogens (tertiary/aromatic N) is 1. The molecule has 3 aromatic rings. The molecule has 0 spiro atoms. The maximum atomic E-state index is 12.1. The van der Waals surface area contributed by atoms with Gasteiger partial charge in [0, 0.05) is 17.5 Å². The summed E-state index contributed by atoms with van der Waals surface area (Å²) in [4.78, 5) is 16.6. The van der Waals surface area contributed by atoms with E-state index in [1.54, 1.807) is 7.11 Å². The highest BCUT2D eigenvalue weighted by atomic mass is 32.1. The second-order valence-electron chi connectivity index (χ2n) is 6.01. The van der Waals surface area contributed by atoms with Crippen molar-refractivity contribution < 1.29 is 9.53 Å². The third-order valence-corrected chi connectivity index (χ3v) is 4.75. The first-order chi connectivity index (χ1) is 12.5. The van der Waals surface area contributed by atoms with Gasteiger partial charge in [0.25, 0.3) is 0 Å². The molecule has 6 heteroatoms. The lowest BCUT2D eigenvalue weighted by molar-refractivity contribution is 0.251. The molecule has 0 saturated carbocycles. The van der Waals surface area contributed by atoms with Crippen LogP contribution >= 0.6 is 11.3 Å². The minimum atomic E-state index is -0.276. The van der Waals surface area contributed by atoms with Crippen LogP contribution in [0.15, 0.2) is 47.8 Å². The number of rotatable bonds is 5. The molecule has 1 aromatic heterocycles. The van der Waals surface area contributed by atoms with Crippen LogP contribution in [0.3, 0.4) is 0 Å². The van der Waals surface area contributed by atoms with Crippen LogP contribution in [-0.2, 0) is 6.54 Å². The van der Waals surface area contributed by atoms with E-state index in [-0.39, 0.29) is 6.03 Å². The summed E-state index contributed by atoms with van der Waals surface area (Å²) in [6.07, 6.45) is 0. The van der Waals surface area contributed by atoms with Gasteiger partial charge in [-0.3, -0.25) is 5.32 Å². The van der Waals surface area contributed by atoms with Gasteiger partial charge in [0.05, 0.1) is 12.8 Å². The van der Waals surface area contributed by atoms with E-state index in [9.17, 15) is 4.79 Å². The first-order valence-corrected chi connectivity index (χ1v) is 9.14. The zero-order valence-electron chi connectivity index (χ0n) is 15.0. The third-order valence-electron chi connectivity index (χ3n) is 3.99. The number of carbonyl (C=O) groups is 1. The molecule has 1 heterocycles. The van der Waals surface area contributed by atoms with Crippen LogP contribution in [-0.4, -0.2) is 18.1 Å². The Balaban J connectivity index is 1.58. The van der Waals surface area contributed by atoms with E-state index in [2.05, 4.69) is 47.7 Å². The second-order valence-corrected chi connectivity index (χ2v) is 6.87. The summed E-state index contributed by atoms with van der Waals surface area (Å²) in [6.45, 7) is 4.57. The van der Waals surface area contributed by atoms with Gasteiger partial charge in [-0.1, -0.05) is 35.9 Å². The largest absolute Gasteiger partial charge is 0.497 e. The maximum absolute atomic E-state index is 12.1. The average molecular weight is 367 g/mol. The number of urea groups is 1. The predicted molar refractivity (Wildman–Crippen MR) is 106 cm³/mol. The first-order valence-electron chi connectivity index (χ1n) is 8.26. The Bertz CT molecular complexity index is 904. The van der Waals surface area contributed by atoms with Crippen LogP contribution in [0, 0.1) is 13.8 Å². The number of aryl methyl sites for hydroxylation is 2. The summed E-state index contributed by atoms with van der Waals surface area (Å²) in [7, 11) is 1.63. The molecule has 2 amide bonds. The van der Waals surface area contributed by atoms with Gasteiger partial charge >= 0.3 is 6.03 Å². The van der Waals surface area contributed by atoms with Crippen LogP contribution in [0.1, 0.15) is 16.7 Å². The standard InChI is InChI=1S/C20H21N3O2S/c1-13-4-9-17(14(2)10-13)18-12-26-20(22-18)23-19(24)21-11-15-5-7-16(25-3)8-6-15/h4-10,12H,11H2,1-3H3,(H2,21,22,23,24). The Labute approximate surface area is 157 Å². The lowest BCUT2D eigenvalue weighted by Gasteiger charge is -2.06. The fourth-order valence-electron chi connectivity index (χ4n) is 2.62. The molecule has 0 fully saturated rings. The lowest BCUT2D eigenvalue weighted by Crippen LogP contribution is -2.28. The Hall–Kier alpha value is -2.86. The van der Waals surface area contributed by atoms with Gasteiger partial charge in [-0.05, 0) is 37.1 Å². The zero-order chi connectivity index (χ0) is 18.5. The summed E-state index contributed by atoms with van der Waals surface area (Å²) >= 11 is 1.41. The Morgan fingerprint density at radius 1 is 1.15 bits per heavy atom. The number of hydrogen-bond acceptors (Lipinski definition) is 4. The van der Waals surface area contributed by atoms with E-state index in [0.717, 1.165) is 22.6 Å². The van der Waals surface area contributed by atoms with E-state index in [4.69, 9.17) is 4.74 Å². The molecule has 0 aliphatic carbocycles. The number of ether oxygens (including phenoxy) is 1. The van der Waals surface area contributed by atoms with Crippen molar-refractivity contribution in [3.8, 4) is 17.0 Å². The zero-order valence-corrected chi connectivity index (χ0v) is 15.8. The number of anilines is 1. The molecule has 134 valence electrons. The summed E-state index contributed by atoms with van der Waals surface area (Å²) in [5, 5.41) is 8.15. The minimum absolute atomic E-state index is 0.276. The van der Waals surface area contributed by atoms with E-state index < -0.39 is 0 Å². The molecule has 0 radical (unpaired) electrons. The normalized spacial score (nSPS) is 10.4. The molecule has 0 unspecified atom stereocenters. The van der Waals surface area contributed by atoms with Crippen molar-refractivity contribution in [1.82, 2.24) is 10.3 Å². The van der Waals surface area contributed by atoms with Crippen molar-refractivity contribution in [3.05, 3.63) is 64.5 Å². The van der Waals surface area contributed by atoms with Crippen molar-refractivity contribution in [2.24, 2.45) is 0 Å². The average Bonchev–Trinajstić information content (AvgIpc) is 3.08. The fourth-order valence-corrected chi connectivity index (χ4v) is 3.33. The van der Waals surface area contributed by atoms with Gasteiger partial charge in [0.15, 0.2) is 5.13 Å². The molecule has 0 aliphatic heterocycles. The molecule has 3 rings (SSSR count). The topological polar surface area (TPSA) is 63.2 Å². The SMILES string of the molecule is COc1ccc(CNC(=O)Nc2nc(-c3ccc(C)cc3C)cs2)cc1. The number of benzene rings is 2. The Morgan fingerprint density at radius 2 is 1.92 bits per heavy atom. The van der Waals surface area contributed by atoms with Crippen LogP contribution in [0.25, 0.3) is 11.3 Å². The molecule has 5 nitrogen and oxygen atoms in total. The van der Waals surface area contributed by atoms with Crippen LogP contribution < -0.4 is 15.4 Å². The minimum Gasteiger partial charge on any atom is -0.497 e. The molecule has 0 saturated heterocycles. The van der Waals surface area contributed by atoms with Gasteiger partial charge in [-0.15, -0.1) is 11.3 Å². The molecule has 2 N–H and O–H groups in total. The Morgan fingerprint density at radius 3 is 2.62 bits per heavy atom. The second kappa shape index (κ2) is 8.01. The number of hydrogen-bond donors (Lipinski definition) is 2. The molecule has 0 bridgehead atoms. The van der Waals surface area contributed by atoms with E-state index in [0.29, 0.717) is 11.7 Å². The molecule has 0 atom stereocenters. The van der Waals surface area contributed by atoms with E-state index >= 15 is 0 Å². The Kier molecular flexibility index (Phi) is 5.53. The van der Waals surface area contributed by atoms with Crippen LogP contribution in [0.5, 0.6) is 5.75 Å². The fraction of sp³-hybridized carbons (Fsp3) is 0.200. The number of methoxy groups -OCH3 is 1. The molecular weight excluding hydrogens is 346 g/mol. The van der Waals surface area contributed by atoms with Crippen LogP contribution in [0.4, 0.5) is 9.93 Å². The van der Waals surface area contributed by atoms with Gasteiger partial charge in [0.2, 0.25) is 0 Å². The summed E-state index contributed by atoms with van der Waals surface area (Å²) in [5.74, 6) is 0.792. The number of carbonyl (C=O) groups excluding carboxylic acids is 1. The molecule has 0 aliphatic rings.